The van der Waals surface area contributed by atoms with Crippen LogP contribution in [-0.2, 0) is 16.2 Å². The average molecular weight is 456 g/mol. The Balaban J connectivity index is 2.24. The van der Waals surface area contributed by atoms with E-state index in [0.29, 0.717) is 0 Å². The van der Waals surface area contributed by atoms with Gasteiger partial charge in [0.05, 0.1) is 10.5 Å². The Labute approximate surface area is 175 Å². The first-order valence-corrected chi connectivity index (χ1v) is 10.3. The molecule has 0 spiro atoms. The van der Waals surface area contributed by atoms with Crippen LogP contribution in [0.15, 0.2) is 59.5 Å². The molecule has 2 N–H and O–H groups in total. The molecule has 0 aliphatic heterocycles. The van der Waals surface area contributed by atoms with E-state index in [1.165, 1.54) is 55.4 Å². The zero-order chi connectivity index (χ0) is 23.1. The number of nitrogens with two attached hydrogens (primary N) is 1. The van der Waals surface area contributed by atoms with Crippen molar-refractivity contribution >= 4 is 15.7 Å². The number of alkyl halides is 3. The summed E-state index contributed by atoms with van der Waals surface area (Å²) in [5, 5.41) is 5.06. The number of hydrogen-bond acceptors (Lipinski definition) is 3. The van der Waals surface area contributed by atoms with Gasteiger partial charge < -0.3 is 4.90 Å². The fourth-order valence-corrected chi connectivity index (χ4v) is 3.68. The highest BCUT2D eigenvalue weighted by molar-refractivity contribution is 7.89. The predicted octanol–water partition coefficient (Wildman–Crippen LogP) is 5.03. The van der Waals surface area contributed by atoms with Gasteiger partial charge in [0.15, 0.2) is 11.6 Å². The zero-order valence-corrected chi connectivity index (χ0v) is 17.2. The molecular formula is C21H17F5N2O2S. The van der Waals surface area contributed by atoms with E-state index in [2.05, 4.69) is 0 Å². The lowest BCUT2D eigenvalue weighted by atomic mass is 9.92. The van der Waals surface area contributed by atoms with Gasteiger partial charge in [-0.2, -0.15) is 13.2 Å². The lowest BCUT2D eigenvalue weighted by molar-refractivity contribution is -0.137. The Bertz CT molecular complexity index is 1240. The fraction of sp³-hybridized carbons (Fsp3) is 0.143. The number of hydrogen-bond donors (Lipinski definition) is 1. The summed E-state index contributed by atoms with van der Waals surface area (Å²) in [7, 11) is -1.06. The third-order valence-electron chi connectivity index (χ3n) is 4.65. The maximum absolute atomic E-state index is 14.0. The van der Waals surface area contributed by atoms with Crippen LogP contribution in [0.3, 0.4) is 0 Å². The van der Waals surface area contributed by atoms with E-state index in [0.717, 1.165) is 18.2 Å². The van der Waals surface area contributed by atoms with Crippen molar-refractivity contribution < 1.29 is 30.4 Å². The Hall–Kier alpha value is -2.98. The second-order valence-electron chi connectivity index (χ2n) is 7.01. The van der Waals surface area contributed by atoms with Crippen molar-refractivity contribution in [1.29, 1.82) is 0 Å². The van der Waals surface area contributed by atoms with Crippen LogP contribution in [0.4, 0.5) is 27.6 Å². The molecule has 10 heteroatoms. The largest absolute Gasteiger partial charge is 0.418 e. The highest BCUT2D eigenvalue weighted by Gasteiger charge is 2.34. The van der Waals surface area contributed by atoms with E-state index in [1.807, 2.05) is 0 Å². The summed E-state index contributed by atoms with van der Waals surface area (Å²) in [6.07, 6.45) is -4.68. The summed E-state index contributed by atoms with van der Waals surface area (Å²) in [6, 6.07) is 10.1. The van der Waals surface area contributed by atoms with Gasteiger partial charge in [0.25, 0.3) is 0 Å². The van der Waals surface area contributed by atoms with E-state index in [1.54, 1.807) is 0 Å². The van der Waals surface area contributed by atoms with E-state index in [4.69, 9.17) is 5.14 Å². The van der Waals surface area contributed by atoms with Crippen LogP contribution in [0.25, 0.3) is 22.3 Å². The molecule has 0 unspecified atom stereocenters. The van der Waals surface area contributed by atoms with Gasteiger partial charge in [-0.25, -0.2) is 22.3 Å². The summed E-state index contributed by atoms with van der Waals surface area (Å²) in [5.41, 5.74) is -0.634. The third kappa shape index (κ3) is 4.70. The molecular weight excluding hydrogens is 439 g/mol. The van der Waals surface area contributed by atoms with E-state index < -0.39 is 33.4 Å². The first-order valence-electron chi connectivity index (χ1n) is 8.80. The minimum Gasteiger partial charge on any atom is -0.377 e. The van der Waals surface area contributed by atoms with Gasteiger partial charge in [-0.1, -0.05) is 18.2 Å². The first-order chi connectivity index (χ1) is 14.3. The van der Waals surface area contributed by atoms with Crippen LogP contribution >= 0.6 is 0 Å². The quantitative estimate of drug-likeness (QED) is 0.560. The SMILES string of the molecule is CN(C)c1ccc(-c2cc(F)c(F)cc2-c2ccc(S(N)(=O)=O)cc2)cc1C(F)(F)F. The standard InChI is InChI=1S/C21H17F5N2O2S/c1-28(2)20-8-5-13(9-17(20)21(24,25)26)16-11-19(23)18(22)10-15(16)12-3-6-14(7-4-12)31(27,29)30/h3-11H,1-2H3,(H2,27,29,30). The number of primary sulfonamides is 1. The fourth-order valence-electron chi connectivity index (χ4n) is 3.17. The zero-order valence-electron chi connectivity index (χ0n) is 16.3. The molecule has 0 saturated carbocycles. The van der Waals surface area contributed by atoms with Crippen molar-refractivity contribution in [3.05, 3.63) is 71.8 Å². The van der Waals surface area contributed by atoms with Crippen LogP contribution in [0, 0.1) is 11.6 Å². The molecule has 4 nitrogen and oxygen atoms in total. The van der Waals surface area contributed by atoms with Crippen LogP contribution in [-0.4, -0.2) is 22.5 Å². The van der Waals surface area contributed by atoms with Crippen molar-refractivity contribution in [3.63, 3.8) is 0 Å². The van der Waals surface area contributed by atoms with Gasteiger partial charge in [-0.05, 0) is 58.7 Å². The summed E-state index contributed by atoms with van der Waals surface area (Å²) in [5.74, 6) is -2.43. The number of benzene rings is 3. The summed E-state index contributed by atoms with van der Waals surface area (Å²) < 4.78 is 91.7. The minimum atomic E-state index is -4.68. The molecule has 0 aliphatic rings. The minimum absolute atomic E-state index is 0.0121. The summed E-state index contributed by atoms with van der Waals surface area (Å²) >= 11 is 0. The first kappa shape index (κ1) is 22.7. The third-order valence-corrected chi connectivity index (χ3v) is 5.58. The van der Waals surface area contributed by atoms with E-state index >= 15 is 0 Å². The number of rotatable bonds is 4. The lowest BCUT2D eigenvalue weighted by Crippen LogP contribution is -2.16. The normalized spacial score (nSPS) is 12.1. The molecule has 0 atom stereocenters. The molecule has 164 valence electrons. The summed E-state index contributed by atoms with van der Waals surface area (Å²) in [6.45, 7) is 0. The van der Waals surface area contributed by atoms with Crippen LogP contribution in [0.1, 0.15) is 5.56 Å². The van der Waals surface area contributed by atoms with Crippen LogP contribution in [0.5, 0.6) is 0 Å². The second-order valence-corrected chi connectivity index (χ2v) is 8.57. The molecule has 0 saturated heterocycles. The van der Waals surface area contributed by atoms with Gasteiger partial charge in [0.1, 0.15) is 0 Å². The number of halogens is 5. The number of sulfonamides is 1. The monoisotopic (exact) mass is 456 g/mol. The van der Waals surface area contributed by atoms with Gasteiger partial charge in [0.2, 0.25) is 10.0 Å². The Morgan fingerprint density at radius 1 is 0.806 bits per heavy atom. The van der Waals surface area contributed by atoms with Crippen molar-refractivity contribution in [2.75, 3.05) is 19.0 Å². The number of anilines is 1. The molecule has 3 rings (SSSR count). The molecule has 0 bridgehead atoms. The molecule has 0 aromatic heterocycles. The van der Waals surface area contributed by atoms with Crippen molar-refractivity contribution in [3.8, 4) is 22.3 Å². The van der Waals surface area contributed by atoms with Gasteiger partial charge in [-0.3, -0.25) is 0 Å². The smallest absolute Gasteiger partial charge is 0.377 e. The topological polar surface area (TPSA) is 63.4 Å². The molecule has 0 fully saturated rings. The molecule has 31 heavy (non-hydrogen) atoms. The Kier molecular flexibility index (Phi) is 5.81. The highest BCUT2D eigenvalue weighted by Crippen LogP contribution is 2.41. The molecule has 3 aromatic carbocycles. The van der Waals surface area contributed by atoms with Crippen molar-refractivity contribution in [1.82, 2.24) is 0 Å². The molecule has 0 amide bonds. The number of nitrogens with zero attached hydrogens (tertiary/aromatic N) is 1. The van der Waals surface area contributed by atoms with Crippen LogP contribution in [0.2, 0.25) is 0 Å². The molecule has 3 aromatic rings. The highest BCUT2D eigenvalue weighted by atomic mass is 32.2. The maximum Gasteiger partial charge on any atom is 0.418 e. The Morgan fingerprint density at radius 3 is 1.74 bits per heavy atom. The second kappa shape index (κ2) is 7.93. The van der Waals surface area contributed by atoms with E-state index in [9.17, 15) is 30.4 Å². The lowest BCUT2D eigenvalue weighted by Gasteiger charge is -2.21. The average Bonchev–Trinajstić information content (AvgIpc) is 2.68. The maximum atomic E-state index is 14.0. The van der Waals surface area contributed by atoms with Crippen molar-refractivity contribution in [2.24, 2.45) is 5.14 Å². The van der Waals surface area contributed by atoms with Gasteiger partial charge in [0, 0.05) is 19.8 Å². The molecule has 0 aliphatic carbocycles. The predicted molar refractivity (Wildman–Crippen MR) is 108 cm³/mol. The van der Waals surface area contributed by atoms with Gasteiger partial charge >= 0.3 is 6.18 Å². The van der Waals surface area contributed by atoms with Crippen LogP contribution < -0.4 is 10.0 Å². The molecule has 0 heterocycles. The summed E-state index contributed by atoms with van der Waals surface area (Å²) in [4.78, 5) is 1.10. The van der Waals surface area contributed by atoms with Gasteiger partial charge in [-0.15, -0.1) is 0 Å². The van der Waals surface area contributed by atoms with E-state index in [-0.39, 0.29) is 32.8 Å². The molecule has 0 radical (unpaired) electrons. The van der Waals surface area contributed by atoms with Crippen molar-refractivity contribution in [2.45, 2.75) is 11.1 Å². The Morgan fingerprint density at radius 2 is 1.29 bits per heavy atom.